The van der Waals surface area contributed by atoms with Crippen molar-refractivity contribution in [2.75, 3.05) is 0 Å². The summed E-state index contributed by atoms with van der Waals surface area (Å²) in [5.74, 6) is 0.730. The van der Waals surface area contributed by atoms with Gasteiger partial charge in [0.05, 0.1) is 22.4 Å². The number of benzene rings is 6. The van der Waals surface area contributed by atoms with Crippen LogP contribution in [0.4, 0.5) is 0 Å². The third-order valence-corrected chi connectivity index (χ3v) is 11.1. The Balaban J connectivity index is 1.11. The minimum atomic E-state index is 0.730. The van der Waals surface area contributed by atoms with E-state index in [-0.39, 0.29) is 0 Å². The lowest BCUT2D eigenvalue weighted by atomic mass is 10.0. The number of hydrogen-bond donors (Lipinski definition) is 0. The van der Waals surface area contributed by atoms with Crippen LogP contribution in [-0.4, -0.2) is 14.5 Å². The van der Waals surface area contributed by atoms with E-state index in [2.05, 4.69) is 162 Å². The molecule has 236 valence electrons. The van der Waals surface area contributed by atoms with Crippen molar-refractivity contribution in [1.82, 2.24) is 14.5 Å². The Morgan fingerprint density at radius 1 is 0.520 bits per heavy atom. The molecular formula is C46H31N3S. The van der Waals surface area contributed by atoms with Gasteiger partial charge in [0.2, 0.25) is 0 Å². The van der Waals surface area contributed by atoms with Crippen LogP contribution in [0.3, 0.4) is 0 Å². The summed E-state index contributed by atoms with van der Waals surface area (Å²) < 4.78 is 5.05. The zero-order valence-corrected chi connectivity index (χ0v) is 28.1. The molecule has 0 bridgehead atoms. The van der Waals surface area contributed by atoms with Crippen molar-refractivity contribution in [2.24, 2.45) is 0 Å². The second-order valence-electron chi connectivity index (χ2n) is 12.9. The number of rotatable bonds is 5. The Morgan fingerprint density at radius 2 is 1.26 bits per heavy atom. The highest BCUT2D eigenvalue weighted by Gasteiger charge is 2.17. The second kappa shape index (κ2) is 11.8. The van der Waals surface area contributed by atoms with Gasteiger partial charge in [0, 0.05) is 47.8 Å². The quantitative estimate of drug-likeness (QED) is 0.184. The Morgan fingerprint density at radius 3 is 2.12 bits per heavy atom. The molecule has 0 saturated heterocycles. The van der Waals surface area contributed by atoms with E-state index in [9.17, 15) is 0 Å². The van der Waals surface area contributed by atoms with Crippen molar-refractivity contribution in [3.05, 3.63) is 170 Å². The fourth-order valence-corrected chi connectivity index (χ4v) is 8.67. The van der Waals surface area contributed by atoms with Gasteiger partial charge in [-0.3, -0.25) is 0 Å². The summed E-state index contributed by atoms with van der Waals surface area (Å²) in [6.45, 7) is 0. The Labute approximate surface area is 294 Å². The van der Waals surface area contributed by atoms with Crippen LogP contribution in [-0.2, 0) is 0 Å². The summed E-state index contributed by atoms with van der Waals surface area (Å²) in [5, 5.41) is 5.13. The molecule has 1 aliphatic rings. The highest BCUT2D eigenvalue weighted by atomic mass is 32.1. The molecule has 3 aromatic heterocycles. The first kappa shape index (κ1) is 28.9. The van der Waals surface area contributed by atoms with Crippen molar-refractivity contribution in [3.8, 4) is 39.5 Å². The molecule has 0 radical (unpaired) electrons. The largest absolute Gasteiger partial charge is 0.309 e. The lowest BCUT2D eigenvalue weighted by molar-refractivity contribution is 1.03. The van der Waals surface area contributed by atoms with Crippen molar-refractivity contribution in [2.45, 2.75) is 12.8 Å². The van der Waals surface area contributed by atoms with Crippen LogP contribution >= 0.6 is 11.3 Å². The van der Waals surface area contributed by atoms with Crippen LogP contribution in [0.25, 0.3) is 87.0 Å². The van der Waals surface area contributed by atoms with E-state index in [1.165, 1.54) is 53.1 Å². The lowest BCUT2D eigenvalue weighted by Gasteiger charge is -2.13. The van der Waals surface area contributed by atoms with Crippen LogP contribution in [0.5, 0.6) is 0 Å². The van der Waals surface area contributed by atoms with Crippen molar-refractivity contribution in [3.63, 3.8) is 0 Å². The summed E-state index contributed by atoms with van der Waals surface area (Å²) in [6, 6.07) is 52.3. The van der Waals surface area contributed by atoms with Gasteiger partial charge >= 0.3 is 0 Å². The molecule has 3 nitrogen and oxygen atoms in total. The third-order valence-electron chi connectivity index (χ3n) is 9.86. The molecule has 0 spiro atoms. The van der Waals surface area contributed by atoms with Gasteiger partial charge in [-0.25, -0.2) is 9.97 Å². The average molecular weight is 658 g/mol. The summed E-state index contributed by atoms with van der Waals surface area (Å²) in [7, 11) is 0. The monoisotopic (exact) mass is 657 g/mol. The summed E-state index contributed by atoms with van der Waals surface area (Å²) >= 11 is 1.88. The SMILES string of the molecule is C1=CC(c2cc(-c3ccccc3)nc(-c3ccc(-n4c5ccccc5c5ccc(-c6cccc7c6sc6ccccc67)cc54)cc3)n2)=CCC1. The van der Waals surface area contributed by atoms with E-state index < -0.39 is 0 Å². The van der Waals surface area contributed by atoms with Gasteiger partial charge in [-0.1, -0.05) is 115 Å². The highest BCUT2D eigenvalue weighted by molar-refractivity contribution is 7.26. The topological polar surface area (TPSA) is 30.7 Å². The maximum absolute atomic E-state index is 5.09. The van der Waals surface area contributed by atoms with Crippen LogP contribution in [0.2, 0.25) is 0 Å². The molecule has 0 unspecified atom stereocenters. The summed E-state index contributed by atoms with van der Waals surface area (Å²) in [6.07, 6.45) is 8.79. The molecule has 9 aromatic rings. The number of allylic oxidation sites excluding steroid dienone is 4. The van der Waals surface area contributed by atoms with Gasteiger partial charge in [0.1, 0.15) is 0 Å². The fourth-order valence-electron chi connectivity index (χ4n) is 7.43. The minimum absolute atomic E-state index is 0.730. The zero-order valence-electron chi connectivity index (χ0n) is 27.3. The van der Waals surface area contributed by atoms with Crippen LogP contribution in [0.1, 0.15) is 18.5 Å². The Hall–Kier alpha value is -6.10. The fraction of sp³-hybridized carbons (Fsp3) is 0.0435. The van der Waals surface area contributed by atoms with Gasteiger partial charge in [0.15, 0.2) is 5.82 Å². The molecule has 50 heavy (non-hydrogen) atoms. The van der Waals surface area contributed by atoms with Crippen molar-refractivity contribution >= 4 is 58.9 Å². The Bertz CT molecular complexity index is 2800. The standard InChI is InChI=1S/C46H31N3S/c1-3-12-30(13-4-1)40-29-41(31-14-5-2-6-15-31)48-46(47-40)32-22-25-34(26-23-32)49-42-20-9-7-16-36(42)37-27-24-33(28-43(37)49)35-18-11-19-39-38-17-8-10-21-44(38)50-45(35)39/h1,3-5,7-29H,2,6H2. The molecule has 0 atom stereocenters. The van der Waals surface area contributed by atoms with E-state index in [0.29, 0.717) is 0 Å². The van der Waals surface area contributed by atoms with Crippen LogP contribution < -0.4 is 0 Å². The molecule has 1 aliphatic carbocycles. The number of aromatic nitrogens is 3. The smallest absolute Gasteiger partial charge is 0.160 e. The molecule has 4 heteroatoms. The van der Waals surface area contributed by atoms with Crippen LogP contribution in [0, 0.1) is 0 Å². The number of para-hydroxylation sites is 1. The van der Waals surface area contributed by atoms with E-state index in [4.69, 9.17) is 9.97 Å². The number of hydrogen-bond acceptors (Lipinski definition) is 3. The zero-order chi connectivity index (χ0) is 33.0. The lowest BCUT2D eigenvalue weighted by Crippen LogP contribution is -1.99. The number of fused-ring (bicyclic) bond motifs is 6. The molecule has 0 saturated carbocycles. The van der Waals surface area contributed by atoms with Crippen molar-refractivity contribution in [1.29, 1.82) is 0 Å². The molecule has 0 amide bonds. The van der Waals surface area contributed by atoms with Gasteiger partial charge in [0.25, 0.3) is 0 Å². The van der Waals surface area contributed by atoms with E-state index in [1.54, 1.807) is 0 Å². The molecule has 10 rings (SSSR count). The van der Waals surface area contributed by atoms with Gasteiger partial charge in [-0.15, -0.1) is 11.3 Å². The maximum Gasteiger partial charge on any atom is 0.160 e. The predicted molar refractivity (Wildman–Crippen MR) is 212 cm³/mol. The molecule has 0 fully saturated rings. The molecule has 6 aromatic carbocycles. The predicted octanol–water partition coefficient (Wildman–Crippen LogP) is 12.7. The first-order valence-electron chi connectivity index (χ1n) is 17.1. The summed E-state index contributed by atoms with van der Waals surface area (Å²) in [5.41, 5.74) is 11.1. The van der Waals surface area contributed by atoms with Gasteiger partial charge in [-0.05, 0) is 78.1 Å². The third kappa shape index (κ3) is 4.80. The van der Waals surface area contributed by atoms with E-state index in [1.807, 2.05) is 17.4 Å². The molecule has 0 aliphatic heterocycles. The van der Waals surface area contributed by atoms with E-state index in [0.717, 1.165) is 52.4 Å². The van der Waals surface area contributed by atoms with E-state index >= 15 is 0 Å². The normalized spacial score (nSPS) is 13.1. The molecule has 0 N–H and O–H groups in total. The molecule has 3 heterocycles. The van der Waals surface area contributed by atoms with Gasteiger partial charge in [-0.2, -0.15) is 0 Å². The second-order valence-corrected chi connectivity index (χ2v) is 13.9. The molecular weight excluding hydrogens is 627 g/mol. The summed E-state index contributed by atoms with van der Waals surface area (Å²) in [4.78, 5) is 10.2. The first-order chi connectivity index (χ1) is 24.8. The maximum atomic E-state index is 5.09. The number of nitrogens with zero attached hydrogens (tertiary/aromatic N) is 3. The first-order valence-corrected chi connectivity index (χ1v) is 18.0. The van der Waals surface area contributed by atoms with Gasteiger partial charge < -0.3 is 4.57 Å². The minimum Gasteiger partial charge on any atom is -0.309 e. The average Bonchev–Trinajstić information content (AvgIpc) is 3.74. The van der Waals surface area contributed by atoms with Crippen LogP contribution in [0.15, 0.2) is 164 Å². The Kier molecular flexibility index (Phi) is 6.81. The van der Waals surface area contributed by atoms with Crippen molar-refractivity contribution < 1.29 is 0 Å². The number of thiophene rings is 1. The highest BCUT2D eigenvalue weighted by Crippen LogP contribution is 2.42.